The lowest BCUT2D eigenvalue weighted by Gasteiger charge is -2.30. The second kappa shape index (κ2) is 8.10. The Bertz CT molecular complexity index is 935. The Morgan fingerprint density at radius 3 is 2.71 bits per heavy atom. The normalized spacial score (nSPS) is 17.6. The number of amides is 1. The molecule has 3 heterocycles. The van der Waals surface area contributed by atoms with Gasteiger partial charge in [-0.15, -0.1) is 11.3 Å². The van der Waals surface area contributed by atoms with E-state index in [4.69, 9.17) is 9.47 Å². The first-order valence-corrected chi connectivity index (χ1v) is 11.5. The number of hydrogen-bond donors (Lipinski definition) is 1. The second-order valence-corrected chi connectivity index (χ2v) is 10.1. The Morgan fingerprint density at radius 2 is 1.96 bits per heavy atom. The van der Waals surface area contributed by atoms with E-state index in [-0.39, 0.29) is 18.6 Å². The molecule has 0 bridgehead atoms. The van der Waals surface area contributed by atoms with Crippen molar-refractivity contribution in [1.82, 2.24) is 9.62 Å². The van der Waals surface area contributed by atoms with Crippen LogP contribution in [0, 0.1) is 5.92 Å². The van der Waals surface area contributed by atoms with Gasteiger partial charge in [0, 0.05) is 26.1 Å². The molecule has 1 fully saturated rings. The molecule has 1 saturated heterocycles. The zero-order valence-electron chi connectivity index (χ0n) is 15.3. The molecule has 28 heavy (non-hydrogen) atoms. The summed E-state index contributed by atoms with van der Waals surface area (Å²) in [5.74, 6) is 1.61. The first kappa shape index (κ1) is 19.2. The average molecular weight is 423 g/mol. The third kappa shape index (κ3) is 4.16. The van der Waals surface area contributed by atoms with Gasteiger partial charge in [-0.1, -0.05) is 12.1 Å². The van der Waals surface area contributed by atoms with Crippen molar-refractivity contribution in [3.05, 3.63) is 41.3 Å². The maximum Gasteiger partial charge on any atom is 0.252 e. The summed E-state index contributed by atoms with van der Waals surface area (Å²) in [6, 6.07) is 9.00. The molecule has 0 unspecified atom stereocenters. The minimum Gasteiger partial charge on any atom is -0.454 e. The van der Waals surface area contributed by atoms with Crippen LogP contribution < -0.4 is 14.8 Å². The number of thiophene rings is 1. The minimum atomic E-state index is -3.39. The van der Waals surface area contributed by atoms with Crippen molar-refractivity contribution in [3.63, 3.8) is 0 Å². The van der Waals surface area contributed by atoms with E-state index in [0.29, 0.717) is 48.9 Å². The third-order valence-electron chi connectivity index (χ3n) is 5.06. The fourth-order valence-electron chi connectivity index (χ4n) is 3.48. The van der Waals surface area contributed by atoms with E-state index in [1.807, 2.05) is 18.2 Å². The summed E-state index contributed by atoms with van der Waals surface area (Å²) < 4.78 is 37.6. The molecule has 1 N–H and O–H groups in total. The number of nitrogens with zero attached hydrogens (tertiary/aromatic N) is 1. The number of rotatable bonds is 6. The van der Waals surface area contributed by atoms with Crippen LogP contribution in [0.4, 0.5) is 0 Å². The summed E-state index contributed by atoms with van der Waals surface area (Å²) in [6.07, 6.45) is 1.81. The van der Waals surface area contributed by atoms with Crippen LogP contribution >= 0.6 is 11.3 Å². The number of carbonyl (C=O) groups excluding carboxylic acids is 1. The number of ether oxygens (including phenoxy) is 2. The molecule has 9 heteroatoms. The SMILES string of the molecule is O=C(CC1CCN(S(=O)(=O)c2cccs2)CC1)NCc1ccc2c(c1)OCO2. The monoisotopic (exact) mass is 422 g/mol. The first-order chi connectivity index (χ1) is 13.5. The zero-order chi connectivity index (χ0) is 19.6. The van der Waals surface area contributed by atoms with E-state index in [0.717, 1.165) is 11.3 Å². The number of piperidine rings is 1. The van der Waals surface area contributed by atoms with Crippen molar-refractivity contribution in [2.45, 2.75) is 30.0 Å². The highest BCUT2D eigenvalue weighted by atomic mass is 32.2. The maximum atomic E-state index is 12.6. The fraction of sp³-hybridized carbons (Fsp3) is 0.421. The molecule has 4 rings (SSSR count). The van der Waals surface area contributed by atoms with Crippen molar-refractivity contribution >= 4 is 27.3 Å². The van der Waals surface area contributed by atoms with Crippen molar-refractivity contribution < 1.29 is 22.7 Å². The number of nitrogens with one attached hydrogen (secondary N) is 1. The van der Waals surface area contributed by atoms with Gasteiger partial charge in [0.1, 0.15) is 4.21 Å². The number of sulfonamides is 1. The van der Waals surface area contributed by atoms with Gasteiger partial charge in [-0.25, -0.2) is 8.42 Å². The first-order valence-electron chi connectivity index (χ1n) is 9.21. The Labute approximate surface area is 168 Å². The number of fused-ring (bicyclic) bond motifs is 1. The van der Waals surface area contributed by atoms with Gasteiger partial charge in [0.25, 0.3) is 10.0 Å². The summed E-state index contributed by atoms with van der Waals surface area (Å²) in [5.41, 5.74) is 0.953. The van der Waals surface area contributed by atoms with Crippen LogP contribution in [0.25, 0.3) is 0 Å². The molecule has 150 valence electrons. The van der Waals surface area contributed by atoms with E-state index >= 15 is 0 Å². The molecular weight excluding hydrogens is 400 g/mol. The zero-order valence-corrected chi connectivity index (χ0v) is 16.9. The van der Waals surface area contributed by atoms with Crippen molar-refractivity contribution in [3.8, 4) is 11.5 Å². The molecule has 1 aromatic heterocycles. The summed E-state index contributed by atoms with van der Waals surface area (Å²) in [5, 5.41) is 4.70. The van der Waals surface area contributed by atoms with Crippen LogP contribution in [0.5, 0.6) is 11.5 Å². The van der Waals surface area contributed by atoms with Gasteiger partial charge in [-0.05, 0) is 47.9 Å². The summed E-state index contributed by atoms with van der Waals surface area (Å²) >= 11 is 1.24. The highest BCUT2D eigenvalue weighted by Gasteiger charge is 2.30. The largest absolute Gasteiger partial charge is 0.454 e. The van der Waals surface area contributed by atoms with Gasteiger partial charge in [-0.3, -0.25) is 4.79 Å². The second-order valence-electron chi connectivity index (χ2n) is 6.95. The number of hydrogen-bond acceptors (Lipinski definition) is 6. The predicted octanol–water partition coefficient (Wildman–Crippen LogP) is 2.58. The molecule has 7 nitrogen and oxygen atoms in total. The van der Waals surface area contributed by atoms with Gasteiger partial charge in [0.15, 0.2) is 11.5 Å². The Morgan fingerprint density at radius 1 is 1.18 bits per heavy atom. The van der Waals surface area contributed by atoms with E-state index in [2.05, 4.69) is 5.32 Å². The minimum absolute atomic E-state index is 0.0165. The third-order valence-corrected chi connectivity index (χ3v) is 8.34. The molecule has 0 aliphatic carbocycles. The van der Waals surface area contributed by atoms with E-state index in [9.17, 15) is 13.2 Å². The lowest BCUT2D eigenvalue weighted by molar-refractivity contribution is -0.122. The van der Waals surface area contributed by atoms with E-state index in [1.54, 1.807) is 17.5 Å². The average Bonchev–Trinajstić information content (AvgIpc) is 3.38. The highest BCUT2D eigenvalue weighted by Crippen LogP contribution is 2.32. The predicted molar refractivity (Wildman–Crippen MR) is 105 cm³/mol. The van der Waals surface area contributed by atoms with Gasteiger partial charge in [0.05, 0.1) is 0 Å². The van der Waals surface area contributed by atoms with Gasteiger partial charge < -0.3 is 14.8 Å². The topological polar surface area (TPSA) is 84.9 Å². The lowest BCUT2D eigenvalue weighted by Crippen LogP contribution is -2.39. The molecule has 0 atom stereocenters. The standard InChI is InChI=1S/C19H22N2O5S2/c22-18(20-12-15-3-4-16-17(10-15)26-13-25-16)11-14-5-7-21(8-6-14)28(23,24)19-2-1-9-27-19/h1-4,9-10,14H,5-8,11-13H2,(H,20,22). The van der Waals surface area contributed by atoms with E-state index < -0.39 is 10.0 Å². The van der Waals surface area contributed by atoms with Gasteiger partial charge >= 0.3 is 0 Å². The van der Waals surface area contributed by atoms with E-state index in [1.165, 1.54) is 15.6 Å². The fourth-order valence-corrected chi connectivity index (χ4v) is 6.09. The van der Waals surface area contributed by atoms with Crippen LogP contribution in [-0.2, 0) is 21.4 Å². The summed E-state index contributed by atoms with van der Waals surface area (Å²) in [7, 11) is -3.39. The van der Waals surface area contributed by atoms with Crippen LogP contribution in [0.1, 0.15) is 24.8 Å². The van der Waals surface area contributed by atoms with Crippen molar-refractivity contribution in [2.24, 2.45) is 5.92 Å². The Kier molecular flexibility index (Phi) is 5.56. The molecule has 2 aliphatic rings. The number of carbonyl (C=O) groups is 1. The van der Waals surface area contributed by atoms with Crippen molar-refractivity contribution in [2.75, 3.05) is 19.9 Å². The lowest BCUT2D eigenvalue weighted by atomic mass is 9.94. The summed E-state index contributed by atoms with van der Waals surface area (Å²) in [6.45, 7) is 1.58. The quantitative estimate of drug-likeness (QED) is 0.773. The van der Waals surface area contributed by atoms with Gasteiger partial charge in [0.2, 0.25) is 12.7 Å². The smallest absolute Gasteiger partial charge is 0.252 e. The van der Waals surface area contributed by atoms with Crippen LogP contribution in [0.3, 0.4) is 0 Å². The van der Waals surface area contributed by atoms with Crippen LogP contribution in [0.15, 0.2) is 39.9 Å². The highest BCUT2D eigenvalue weighted by molar-refractivity contribution is 7.91. The Hall–Kier alpha value is -2.10. The molecule has 0 radical (unpaired) electrons. The maximum absolute atomic E-state index is 12.6. The van der Waals surface area contributed by atoms with Crippen LogP contribution in [0.2, 0.25) is 0 Å². The molecule has 2 aromatic rings. The molecule has 1 amide bonds. The molecule has 2 aliphatic heterocycles. The molecular formula is C19H22N2O5S2. The molecule has 0 spiro atoms. The Balaban J connectivity index is 1.24. The van der Waals surface area contributed by atoms with Crippen molar-refractivity contribution in [1.29, 1.82) is 0 Å². The van der Waals surface area contributed by atoms with Crippen LogP contribution in [-0.4, -0.2) is 38.5 Å². The van der Waals surface area contributed by atoms with Gasteiger partial charge in [-0.2, -0.15) is 4.31 Å². The summed E-state index contributed by atoms with van der Waals surface area (Å²) in [4.78, 5) is 12.3. The number of benzene rings is 1. The molecule has 1 aromatic carbocycles. The molecule has 0 saturated carbocycles.